The van der Waals surface area contributed by atoms with E-state index in [1.165, 1.54) is 7.11 Å². The minimum atomic E-state index is -0.428. The van der Waals surface area contributed by atoms with E-state index in [0.717, 1.165) is 0 Å². The van der Waals surface area contributed by atoms with Gasteiger partial charge in [-0.3, -0.25) is 10.1 Å². The number of methoxy groups -OCH3 is 1. The number of para-hydroxylation sites is 1. The van der Waals surface area contributed by atoms with E-state index >= 15 is 0 Å². The molecule has 6 nitrogen and oxygen atoms in total. The number of hydrogen-bond donors (Lipinski definition) is 1. The Kier molecular flexibility index (Phi) is 5.57. The van der Waals surface area contributed by atoms with Crippen LogP contribution in [0, 0.1) is 10.1 Å². The SMILES string of the molecule is COc1cccc(N(CCCO)C(C)C)c1[N+](=O)[O-]. The molecule has 0 spiro atoms. The van der Waals surface area contributed by atoms with Crippen LogP contribution < -0.4 is 9.64 Å². The Labute approximate surface area is 112 Å². The second-order valence-electron chi connectivity index (χ2n) is 4.45. The summed E-state index contributed by atoms with van der Waals surface area (Å²) in [5.74, 6) is 0.247. The third-order valence-corrected chi connectivity index (χ3v) is 2.87. The molecule has 0 aliphatic carbocycles. The average Bonchev–Trinajstić information content (AvgIpc) is 2.38. The Morgan fingerprint density at radius 3 is 2.63 bits per heavy atom. The lowest BCUT2D eigenvalue weighted by Gasteiger charge is -2.28. The van der Waals surface area contributed by atoms with Crippen LogP contribution in [0.2, 0.25) is 0 Å². The molecule has 1 aromatic carbocycles. The maximum absolute atomic E-state index is 11.3. The van der Waals surface area contributed by atoms with Gasteiger partial charge in [0.05, 0.1) is 12.0 Å². The van der Waals surface area contributed by atoms with E-state index in [0.29, 0.717) is 18.7 Å². The van der Waals surface area contributed by atoms with Crippen molar-refractivity contribution in [1.82, 2.24) is 0 Å². The Hall–Kier alpha value is -1.82. The van der Waals surface area contributed by atoms with Crippen LogP contribution >= 0.6 is 0 Å². The van der Waals surface area contributed by atoms with Gasteiger partial charge in [-0.15, -0.1) is 0 Å². The second-order valence-corrected chi connectivity index (χ2v) is 4.45. The van der Waals surface area contributed by atoms with Crippen molar-refractivity contribution in [3.63, 3.8) is 0 Å². The maximum Gasteiger partial charge on any atom is 0.333 e. The van der Waals surface area contributed by atoms with Crippen molar-refractivity contribution in [1.29, 1.82) is 0 Å². The highest BCUT2D eigenvalue weighted by Crippen LogP contribution is 2.37. The first-order valence-electron chi connectivity index (χ1n) is 6.21. The number of nitro benzene ring substituents is 1. The van der Waals surface area contributed by atoms with Gasteiger partial charge < -0.3 is 14.7 Å². The first-order valence-corrected chi connectivity index (χ1v) is 6.21. The zero-order valence-corrected chi connectivity index (χ0v) is 11.5. The summed E-state index contributed by atoms with van der Waals surface area (Å²) in [6, 6.07) is 5.11. The van der Waals surface area contributed by atoms with Gasteiger partial charge in [0.2, 0.25) is 0 Å². The van der Waals surface area contributed by atoms with E-state index in [-0.39, 0.29) is 24.1 Å². The molecule has 0 amide bonds. The molecule has 0 heterocycles. The first-order chi connectivity index (χ1) is 9.02. The van der Waals surface area contributed by atoms with Crippen LogP contribution in [0.3, 0.4) is 0 Å². The third-order valence-electron chi connectivity index (χ3n) is 2.87. The smallest absolute Gasteiger partial charge is 0.333 e. The van der Waals surface area contributed by atoms with Crippen LogP contribution in [0.4, 0.5) is 11.4 Å². The molecule has 1 aromatic rings. The molecule has 0 saturated heterocycles. The minimum absolute atomic E-state index is 0.0309. The number of aliphatic hydroxyl groups excluding tert-OH is 1. The van der Waals surface area contributed by atoms with Crippen LogP contribution in [0.5, 0.6) is 5.75 Å². The van der Waals surface area contributed by atoms with Crippen molar-refractivity contribution < 1.29 is 14.8 Å². The molecule has 0 aliphatic heterocycles. The van der Waals surface area contributed by atoms with Gasteiger partial charge in [-0.1, -0.05) is 6.07 Å². The van der Waals surface area contributed by atoms with Crippen LogP contribution in [0.15, 0.2) is 18.2 Å². The van der Waals surface area contributed by atoms with Crippen LogP contribution in [-0.2, 0) is 0 Å². The molecule has 19 heavy (non-hydrogen) atoms. The summed E-state index contributed by atoms with van der Waals surface area (Å²) in [7, 11) is 1.42. The Balaban J connectivity index is 3.25. The normalized spacial score (nSPS) is 10.6. The van der Waals surface area contributed by atoms with Crippen molar-refractivity contribution in [2.75, 3.05) is 25.2 Å². The molecule has 0 atom stereocenters. The van der Waals surface area contributed by atoms with E-state index in [9.17, 15) is 10.1 Å². The van der Waals surface area contributed by atoms with Crippen molar-refractivity contribution in [2.45, 2.75) is 26.3 Å². The molecular formula is C13H20N2O4. The number of ether oxygens (including phenoxy) is 1. The summed E-state index contributed by atoms with van der Waals surface area (Å²) in [5, 5.41) is 20.2. The Morgan fingerprint density at radius 1 is 1.47 bits per heavy atom. The summed E-state index contributed by atoms with van der Waals surface area (Å²) in [4.78, 5) is 12.7. The molecule has 0 radical (unpaired) electrons. The fourth-order valence-corrected chi connectivity index (χ4v) is 1.99. The lowest BCUT2D eigenvalue weighted by molar-refractivity contribution is -0.385. The highest BCUT2D eigenvalue weighted by Gasteiger charge is 2.25. The summed E-state index contributed by atoms with van der Waals surface area (Å²) >= 11 is 0. The van der Waals surface area contributed by atoms with E-state index < -0.39 is 4.92 Å². The summed E-state index contributed by atoms with van der Waals surface area (Å²) in [6.07, 6.45) is 0.562. The van der Waals surface area contributed by atoms with Gasteiger partial charge in [0.25, 0.3) is 0 Å². The Bertz CT molecular complexity index is 435. The second kappa shape index (κ2) is 6.94. The number of hydrogen-bond acceptors (Lipinski definition) is 5. The fourth-order valence-electron chi connectivity index (χ4n) is 1.99. The molecule has 0 bridgehead atoms. The topological polar surface area (TPSA) is 75.8 Å². The fraction of sp³-hybridized carbons (Fsp3) is 0.538. The largest absolute Gasteiger partial charge is 0.490 e. The lowest BCUT2D eigenvalue weighted by atomic mass is 10.2. The van der Waals surface area contributed by atoms with E-state index in [1.807, 2.05) is 18.7 Å². The Morgan fingerprint density at radius 2 is 2.16 bits per heavy atom. The van der Waals surface area contributed by atoms with Gasteiger partial charge in [0.1, 0.15) is 5.69 Å². The number of aliphatic hydroxyl groups is 1. The van der Waals surface area contributed by atoms with Gasteiger partial charge in [0, 0.05) is 19.2 Å². The van der Waals surface area contributed by atoms with Gasteiger partial charge in [0.15, 0.2) is 5.75 Å². The molecule has 0 unspecified atom stereocenters. The van der Waals surface area contributed by atoms with Crippen LogP contribution in [0.1, 0.15) is 20.3 Å². The quantitative estimate of drug-likeness (QED) is 0.606. The predicted octanol–water partition coefficient (Wildman–Crippen LogP) is 2.20. The molecule has 6 heteroatoms. The third kappa shape index (κ3) is 3.57. The highest BCUT2D eigenvalue weighted by atomic mass is 16.6. The molecule has 1 rings (SSSR count). The summed E-state index contributed by atoms with van der Waals surface area (Å²) in [5.41, 5.74) is 0.490. The van der Waals surface area contributed by atoms with Crippen molar-refractivity contribution in [2.24, 2.45) is 0 Å². The molecule has 1 N–H and O–H groups in total. The maximum atomic E-state index is 11.3. The molecule has 0 fully saturated rings. The number of nitro groups is 1. The van der Waals surface area contributed by atoms with Gasteiger partial charge in [-0.2, -0.15) is 0 Å². The monoisotopic (exact) mass is 268 g/mol. The van der Waals surface area contributed by atoms with Gasteiger partial charge in [-0.25, -0.2) is 0 Å². The van der Waals surface area contributed by atoms with E-state index in [2.05, 4.69) is 0 Å². The molecule has 0 saturated carbocycles. The zero-order valence-electron chi connectivity index (χ0n) is 11.5. The number of anilines is 1. The minimum Gasteiger partial charge on any atom is -0.490 e. The van der Waals surface area contributed by atoms with Crippen LogP contribution in [-0.4, -0.2) is 36.3 Å². The van der Waals surface area contributed by atoms with E-state index in [4.69, 9.17) is 9.84 Å². The standard InChI is InChI=1S/C13H20N2O4/c1-10(2)14(8-5-9-16)11-6-4-7-12(19-3)13(11)15(17)18/h4,6-7,10,16H,5,8-9H2,1-3H3. The number of nitrogens with zero attached hydrogens (tertiary/aromatic N) is 2. The average molecular weight is 268 g/mol. The van der Waals surface area contributed by atoms with E-state index in [1.54, 1.807) is 18.2 Å². The molecular weight excluding hydrogens is 248 g/mol. The highest BCUT2D eigenvalue weighted by molar-refractivity contribution is 5.70. The van der Waals surface area contributed by atoms with Crippen molar-refractivity contribution in [3.8, 4) is 5.75 Å². The summed E-state index contributed by atoms with van der Waals surface area (Å²) in [6.45, 7) is 4.53. The number of rotatable bonds is 7. The zero-order chi connectivity index (χ0) is 14.4. The molecule has 0 aromatic heterocycles. The van der Waals surface area contributed by atoms with Crippen LogP contribution in [0.25, 0.3) is 0 Å². The summed E-state index contributed by atoms with van der Waals surface area (Å²) < 4.78 is 5.06. The van der Waals surface area contributed by atoms with Gasteiger partial charge in [-0.05, 0) is 32.4 Å². The molecule has 106 valence electrons. The van der Waals surface area contributed by atoms with Crippen molar-refractivity contribution >= 4 is 11.4 Å². The van der Waals surface area contributed by atoms with Gasteiger partial charge >= 0.3 is 5.69 Å². The molecule has 0 aliphatic rings. The predicted molar refractivity (Wildman–Crippen MR) is 73.8 cm³/mol. The lowest BCUT2D eigenvalue weighted by Crippen LogP contribution is -2.32. The van der Waals surface area contributed by atoms with Crippen molar-refractivity contribution in [3.05, 3.63) is 28.3 Å². The number of benzene rings is 1. The first kappa shape index (κ1) is 15.2.